The van der Waals surface area contributed by atoms with Crippen molar-refractivity contribution in [2.75, 3.05) is 12.3 Å². The lowest BCUT2D eigenvalue weighted by atomic mass is 10.1. The van der Waals surface area contributed by atoms with Crippen molar-refractivity contribution >= 4 is 23.1 Å². The first-order chi connectivity index (χ1) is 6.59. The van der Waals surface area contributed by atoms with Gasteiger partial charge in [-0.25, -0.2) is 4.39 Å². The summed E-state index contributed by atoms with van der Waals surface area (Å²) >= 11 is 5.55. The van der Waals surface area contributed by atoms with E-state index < -0.39 is 5.82 Å². The highest BCUT2D eigenvalue weighted by Gasteiger charge is 2.31. The fourth-order valence-electron chi connectivity index (χ4n) is 1.21. The van der Waals surface area contributed by atoms with Gasteiger partial charge < -0.3 is 11.1 Å². The highest BCUT2D eigenvalue weighted by atomic mass is 35.5. The normalized spacial score (nSPS) is 19.4. The first-order valence-electron chi connectivity index (χ1n) is 4.11. The Bertz CT molecular complexity index is 404. The molecule has 3 N–H and O–H groups in total. The lowest BCUT2D eigenvalue weighted by Crippen LogP contribution is -2.12. The lowest BCUT2D eigenvalue weighted by Gasteiger charge is -2.04. The quantitative estimate of drug-likeness (QED) is 0.442. The summed E-state index contributed by atoms with van der Waals surface area (Å²) in [6, 6.07) is 2.16. The average Bonchev–Trinajstić information content (AvgIpc) is 2.93. The molecule has 1 aliphatic rings. The molecule has 1 heterocycles. The molecule has 1 atom stereocenters. The van der Waals surface area contributed by atoms with E-state index in [1.807, 2.05) is 0 Å². The Hall–Kier alpha value is -1.13. The van der Waals surface area contributed by atoms with Crippen LogP contribution < -0.4 is 11.1 Å². The smallest absolute Gasteiger partial charge is 0.183 e. The van der Waals surface area contributed by atoms with Gasteiger partial charge >= 0.3 is 0 Å². The zero-order valence-corrected chi connectivity index (χ0v) is 7.94. The predicted molar refractivity (Wildman–Crippen MR) is 51.9 cm³/mol. The number of carbonyl (C=O) groups is 1. The number of hydrogen-bond acceptors (Lipinski definition) is 3. The van der Waals surface area contributed by atoms with E-state index in [4.69, 9.17) is 17.3 Å². The van der Waals surface area contributed by atoms with Gasteiger partial charge in [0.15, 0.2) is 5.78 Å². The molecule has 0 aromatic heterocycles. The summed E-state index contributed by atoms with van der Waals surface area (Å²) in [5, 5.41) is 2.77. The van der Waals surface area contributed by atoms with Gasteiger partial charge in [0.25, 0.3) is 0 Å². The number of nitrogens with two attached hydrogens (primary N) is 1. The number of hydrogen-bond donors (Lipinski definition) is 2. The van der Waals surface area contributed by atoms with Crippen molar-refractivity contribution in [3.05, 3.63) is 28.5 Å². The van der Waals surface area contributed by atoms with E-state index in [1.54, 1.807) is 0 Å². The summed E-state index contributed by atoms with van der Waals surface area (Å²) in [6.07, 6.45) is 0. The molecular formula is C9H8ClFN2O. The molecule has 0 saturated carbocycles. The van der Waals surface area contributed by atoms with Crippen molar-refractivity contribution < 1.29 is 9.18 Å². The van der Waals surface area contributed by atoms with Crippen molar-refractivity contribution in [2.24, 2.45) is 0 Å². The third-order valence-electron chi connectivity index (χ3n) is 2.08. The van der Waals surface area contributed by atoms with Crippen molar-refractivity contribution in [1.82, 2.24) is 5.32 Å². The van der Waals surface area contributed by atoms with Gasteiger partial charge in [-0.3, -0.25) is 4.79 Å². The van der Waals surface area contributed by atoms with E-state index >= 15 is 0 Å². The Morgan fingerprint density at radius 1 is 1.64 bits per heavy atom. The van der Waals surface area contributed by atoms with Crippen molar-refractivity contribution in [1.29, 1.82) is 0 Å². The predicted octanol–water partition coefficient (Wildman–Crippen LogP) is 1.22. The van der Waals surface area contributed by atoms with Crippen LogP contribution in [-0.2, 0) is 0 Å². The van der Waals surface area contributed by atoms with E-state index in [-0.39, 0.29) is 28.1 Å². The number of nitrogens with one attached hydrogen (secondary N) is 1. The highest BCUT2D eigenvalue weighted by Crippen LogP contribution is 2.24. The Kier molecular flexibility index (Phi) is 2.17. The number of Topliss-reactive ketones (excluding diaryl/α,β-unsaturated/α-hetero) is 1. The first kappa shape index (κ1) is 9.43. The number of carbonyl (C=O) groups excluding carboxylic acids is 1. The van der Waals surface area contributed by atoms with E-state index in [0.29, 0.717) is 6.54 Å². The van der Waals surface area contributed by atoms with Gasteiger partial charge in [0.2, 0.25) is 0 Å². The molecule has 1 aromatic rings. The summed E-state index contributed by atoms with van der Waals surface area (Å²) in [7, 11) is 0. The summed E-state index contributed by atoms with van der Waals surface area (Å²) in [4.78, 5) is 11.6. The van der Waals surface area contributed by atoms with Gasteiger partial charge in [-0.05, 0) is 12.1 Å². The van der Waals surface area contributed by atoms with E-state index in [2.05, 4.69) is 5.32 Å². The minimum Gasteiger partial charge on any atom is -0.398 e. The van der Waals surface area contributed by atoms with Gasteiger partial charge in [0.05, 0.1) is 11.1 Å². The maximum absolute atomic E-state index is 12.9. The molecule has 5 heteroatoms. The zero-order valence-electron chi connectivity index (χ0n) is 7.18. The SMILES string of the molecule is Nc1cc(F)c(Cl)cc1C(=O)C1CN1. The Labute approximate surface area is 85.0 Å². The van der Waals surface area contributed by atoms with Crippen molar-refractivity contribution in [3.63, 3.8) is 0 Å². The molecule has 14 heavy (non-hydrogen) atoms. The molecule has 3 nitrogen and oxygen atoms in total. The number of benzene rings is 1. The first-order valence-corrected chi connectivity index (χ1v) is 4.49. The third-order valence-corrected chi connectivity index (χ3v) is 2.37. The minimum atomic E-state index is -0.607. The number of halogens is 2. The average molecular weight is 215 g/mol. The number of nitrogen functional groups attached to an aromatic ring is 1. The summed E-state index contributed by atoms with van der Waals surface area (Å²) in [5.41, 5.74) is 5.92. The molecule has 0 radical (unpaired) electrons. The van der Waals surface area contributed by atoms with Gasteiger partial charge in [-0.1, -0.05) is 11.6 Å². The second-order valence-electron chi connectivity index (χ2n) is 3.18. The number of ketones is 1. The molecule has 1 saturated heterocycles. The molecule has 1 fully saturated rings. The van der Waals surface area contributed by atoms with Crippen LogP contribution in [0.25, 0.3) is 0 Å². The minimum absolute atomic E-state index is 0.0804. The monoisotopic (exact) mass is 214 g/mol. The zero-order chi connectivity index (χ0) is 10.3. The van der Waals surface area contributed by atoms with Crippen LogP contribution in [0.3, 0.4) is 0 Å². The van der Waals surface area contributed by atoms with Crippen molar-refractivity contribution in [2.45, 2.75) is 6.04 Å². The van der Waals surface area contributed by atoms with Crippen LogP contribution in [0.2, 0.25) is 5.02 Å². The van der Waals surface area contributed by atoms with E-state index in [9.17, 15) is 9.18 Å². The van der Waals surface area contributed by atoms with Gasteiger partial charge in [-0.15, -0.1) is 0 Å². The van der Waals surface area contributed by atoms with E-state index in [0.717, 1.165) is 6.07 Å². The molecule has 2 rings (SSSR count). The van der Waals surface area contributed by atoms with Gasteiger partial charge in [0, 0.05) is 17.8 Å². The van der Waals surface area contributed by atoms with Gasteiger partial charge in [0.1, 0.15) is 5.82 Å². The third kappa shape index (κ3) is 1.58. The fourth-order valence-corrected chi connectivity index (χ4v) is 1.37. The lowest BCUT2D eigenvalue weighted by molar-refractivity contribution is 0.0991. The highest BCUT2D eigenvalue weighted by molar-refractivity contribution is 6.31. The largest absolute Gasteiger partial charge is 0.398 e. The maximum atomic E-state index is 12.9. The van der Waals surface area contributed by atoms with E-state index in [1.165, 1.54) is 6.07 Å². The van der Waals surface area contributed by atoms with Crippen LogP contribution in [0, 0.1) is 5.82 Å². The van der Waals surface area contributed by atoms with Crippen molar-refractivity contribution in [3.8, 4) is 0 Å². The molecule has 1 aromatic carbocycles. The summed E-state index contributed by atoms with van der Waals surface area (Å²) < 4.78 is 12.9. The maximum Gasteiger partial charge on any atom is 0.183 e. The molecule has 0 amide bonds. The number of anilines is 1. The summed E-state index contributed by atoms with van der Waals surface area (Å²) in [6.45, 7) is 0.646. The molecular weight excluding hydrogens is 207 g/mol. The molecule has 0 spiro atoms. The standard InChI is InChI=1S/C9H8ClFN2O/c10-5-1-4(7(12)2-6(5)11)9(14)8-3-13-8/h1-2,8,13H,3,12H2. The van der Waals surface area contributed by atoms with Crippen LogP contribution in [0.1, 0.15) is 10.4 Å². The van der Waals surface area contributed by atoms with Crippen LogP contribution in [0.15, 0.2) is 12.1 Å². The van der Waals surface area contributed by atoms with Crippen LogP contribution in [0.4, 0.5) is 10.1 Å². The number of rotatable bonds is 2. The van der Waals surface area contributed by atoms with Gasteiger partial charge in [-0.2, -0.15) is 0 Å². The fraction of sp³-hybridized carbons (Fsp3) is 0.222. The molecule has 0 bridgehead atoms. The Morgan fingerprint density at radius 2 is 2.29 bits per heavy atom. The molecule has 1 aliphatic heterocycles. The van der Waals surface area contributed by atoms with Crippen LogP contribution in [0.5, 0.6) is 0 Å². The molecule has 0 aliphatic carbocycles. The summed E-state index contributed by atoms with van der Waals surface area (Å²) in [5.74, 6) is -0.742. The second kappa shape index (κ2) is 3.22. The van der Waals surface area contributed by atoms with Crippen LogP contribution >= 0.6 is 11.6 Å². The molecule has 1 unspecified atom stereocenters. The Morgan fingerprint density at radius 3 is 2.86 bits per heavy atom. The second-order valence-corrected chi connectivity index (χ2v) is 3.59. The molecule has 74 valence electrons. The topological polar surface area (TPSA) is 65.0 Å². The van der Waals surface area contributed by atoms with Crippen LogP contribution in [-0.4, -0.2) is 18.4 Å². The Balaban J connectivity index is 2.41.